The van der Waals surface area contributed by atoms with Gasteiger partial charge in [-0.3, -0.25) is 19.9 Å². The first-order valence-electron chi connectivity index (χ1n) is 11.9. The molecule has 4 heterocycles. The van der Waals surface area contributed by atoms with Gasteiger partial charge in [-0.15, -0.1) is 0 Å². The van der Waals surface area contributed by atoms with Crippen LogP contribution in [-0.2, 0) is 25.9 Å². The van der Waals surface area contributed by atoms with Crippen molar-refractivity contribution in [2.45, 2.75) is 46.2 Å². The van der Waals surface area contributed by atoms with Crippen molar-refractivity contribution in [1.29, 1.82) is 0 Å². The summed E-state index contributed by atoms with van der Waals surface area (Å²) in [6.07, 6.45) is 10.00. The predicted octanol–water partition coefficient (Wildman–Crippen LogP) is 4.32. The molecule has 5 rings (SSSR count). The molecule has 0 radical (unpaired) electrons. The van der Waals surface area contributed by atoms with Crippen molar-refractivity contribution in [3.05, 3.63) is 89.3 Å². The first-order chi connectivity index (χ1) is 17.0. The Balaban J connectivity index is 1.44. The first kappa shape index (κ1) is 22.7. The molecule has 4 aromatic heterocycles. The minimum atomic E-state index is -0.237. The van der Waals surface area contributed by atoms with E-state index in [0.29, 0.717) is 24.6 Å². The zero-order chi connectivity index (χ0) is 24.3. The molecule has 3 N–H and O–H groups in total. The summed E-state index contributed by atoms with van der Waals surface area (Å²) in [6, 6.07) is 11.4. The molecule has 35 heavy (non-hydrogen) atoms. The van der Waals surface area contributed by atoms with E-state index in [1.165, 1.54) is 11.3 Å². The molecule has 0 saturated carbocycles. The van der Waals surface area contributed by atoms with Gasteiger partial charge in [0.25, 0.3) is 5.91 Å². The van der Waals surface area contributed by atoms with Gasteiger partial charge >= 0.3 is 0 Å². The number of aromatic nitrogens is 5. The molecule has 1 amide bonds. The van der Waals surface area contributed by atoms with Crippen LogP contribution in [0.4, 0.5) is 5.82 Å². The maximum Gasteiger partial charge on any atom is 0.270 e. The number of carbonyl (C=O) groups excluding carboxylic acids is 1. The van der Waals surface area contributed by atoms with Gasteiger partial charge in [-0.2, -0.15) is 5.10 Å². The summed E-state index contributed by atoms with van der Waals surface area (Å²) in [5.74, 6) is 0.381. The number of nitrogens with zero attached hydrogens (tertiary/aromatic N) is 4. The van der Waals surface area contributed by atoms with Crippen LogP contribution in [0.5, 0.6) is 0 Å². The van der Waals surface area contributed by atoms with E-state index in [1.54, 1.807) is 18.6 Å². The number of pyridine rings is 3. The standard InChI is InChI=1S/C27H29N7O/c1-27(2)8-5-21-23(14-27)33-34-25(21)20-12-22(26(35)31-16-18-6-10-28-11-7-18)32-24(13-20)30-17-19-4-3-9-29-15-19/h3-4,6-7,9-13,15H,5,8,14,16-17H2,1-2H3,(H,30,32)(H,31,35)(H,33,34). The highest BCUT2D eigenvalue weighted by molar-refractivity contribution is 5.94. The first-order valence-corrected chi connectivity index (χ1v) is 11.9. The van der Waals surface area contributed by atoms with Crippen molar-refractivity contribution in [2.75, 3.05) is 5.32 Å². The molecule has 0 bridgehead atoms. The van der Waals surface area contributed by atoms with Gasteiger partial charge in [0.15, 0.2) is 0 Å². The molecule has 178 valence electrons. The third-order valence-corrected chi connectivity index (χ3v) is 6.39. The van der Waals surface area contributed by atoms with Gasteiger partial charge in [0, 0.05) is 54.7 Å². The minimum absolute atomic E-state index is 0.237. The SMILES string of the molecule is CC1(C)CCc2c(-c3cc(NCc4cccnc4)nc(C(=O)NCc4ccncc4)c3)n[nH]c2C1. The second-order valence-corrected chi connectivity index (χ2v) is 9.75. The fourth-order valence-electron chi connectivity index (χ4n) is 4.43. The lowest BCUT2D eigenvalue weighted by Gasteiger charge is -2.29. The summed E-state index contributed by atoms with van der Waals surface area (Å²) in [5, 5.41) is 14.2. The van der Waals surface area contributed by atoms with E-state index in [9.17, 15) is 4.79 Å². The van der Waals surface area contributed by atoms with Crippen molar-refractivity contribution in [2.24, 2.45) is 5.41 Å². The zero-order valence-corrected chi connectivity index (χ0v) is 20.0. The van der Waals surface area contributed by atoms with Gasteiger partial charge in [0.2, 0.25) is 0 Å². The highest BCUT2D eigenvalue weighted by Gasteiger charge is 2.29. The van der Waals surface area contributed by atoms with Gasteiger partial charge in [-0.05, 0) is 66.1 Å². The predicted molar refractivity (Wildman–Crippen MR) is 135 cm³/mol. The number of carbonyl (C=O) groups is 1. The Morgan fingerprint density at radius 3 is 2.71 bits per heavy atom. The van der Waals surface area contributed by atoms with Crippen molar-refractivity contribution in [3.8, 4) is 11.3 Å². The highest BCUT2D eigenvalue weighted by Crippen LogP contribution is 2.38. The van der Waals surface area contributed by atoms with E-state index >= 15 is 0 Å². The van der Waals surface area contributed by atoms with Crippen LogP contribution < -0.4 is 10.6 Å². The number of aromatic amines is 1. The third kappa shape index (κ3) is 5.37. The van der Waals surface area contributed by atoms with Crippen LogP contribution in [0.2, 0.25) is 0 Å². The number of rotatable bonds is 7. The Kier molecular flexibility index (Phi) is 6.27. The van der Waals surface area contributed by atoms with Crippen LogP contribution in [0.3, 0.4) is 0 Å². The molecule has 4 aromatic rings. The second kappa shape index (κ2) is 9.66. The number of fused-ring (bicyclic) bond motifs is 1. The van der Waals surface area contributed by atoms with Crippen molar-refractivity contribution in [1.82, 2.24) is 30.5 Å². The average Bonchev–Trinajstić information content (AvgIpc) is 3.29. The number of H-pyrrole nitrogens is 1. The monoisotopic (exact) mass is 467 g/mol. The normalized spacial score (nSPS) is 14.2. The smallest absolute Gasteiger partial charge is 0.270 e. The lowest BCUT2D eigenvalue weighted by atomic mass is 9.76. The van der Waals surface area contributed by atoms with Crippen molar-refractivity contribution in [3.63, 3.8) is 0 Å². The molecule has 0 saturated heterocycles. The van der Waals surface area contributed by atoms with Gasteiger partial charge in [0.05, 0.1) is 5.69 Å². The number of hydrogen-bond donors (Lipinski definition) is 3. The van der Waals surface area contributed by atoms with E-state index in [4.69, 9.17) is 0 Å². The Bertz CT molecular complexity index is 1320. The van der Waals surface area contributed by atoms with Crippen LogP contribution in [0.25, 0.3) is 11.3 Å². The van der Waals surface area contributed by atoms with E-state index < -0.39 is 0 Å². The molecule has 1 aliphatic rings. The molecular formula is C27H29N7O. The third-order valence-electron chi connectivity index (χ3n) is 6.39. The molecule has 0 atom stereocenters. The van der Waals surface area contributed by atoms with Gasteiger partial charge < -0.3 is 10.6 Å². The number of nitrogens with one attached hydrogen (secondary N) is 3. The number of amides is 1. The largest absolute Gasteiger partial charge is 0.366 e. The summed E-state index contributed by atoms with van der Waals surface area (Å²) in [4.78, 5) is 25.9. The Hall–Kier alpha value is -4.07. The molecule has 0 unspecified atom stereocenters. The molecular weight excluding hydrogens is 438 g/mol. The minimum Gasteiger partial charge on any atom is -0.366 e. The molecule has 1 aliphatic carbocycles. The van der Waals surface area contributed by atoms with Gasteiger partial charge in [-0.1, -0.05) is 19.9 Å². The number of hydrogen-bond acceptors (Lipinski definition) is 6. The number of anilines is 1. The van der Waals surface area contributed by atoms with E-state index in [-0.39, 0.29) is 11.3 Å². The Morgan fingerprint density at radius 2 is 1.91 bits per heavy atom. The second-order valence-electron chi connectivity index (χ2n) is 9.75. The molecule has 0 aromatic carbocycles. The summed E-state index contributed by atoms with van der Waals surface area (Å²) in [7, 11) is 0. The van der Waals surface area contributed by atoms with E-state index in [0.717, 1.165) is 41.6 Å². The summed E-state index contributed by atoms with van der Waals surface area (Å²) in [5.41, 5.74) is 6.79. The van der Waals surface area contributed by atoms with Crippen molar-refractivity contribution < 1.29 is 4.79 Å². The quantitative estimate of drug-likeness (QED) is 0.374. The highest BCUT2D eigenvalue weighted by atomic mass is 16.1. The summed E-state index contributed by atoms with van der Waals surface area (Å²) >= 11 is 0. The van der Waals surface area contributed by atoms with Crippen LogP contribution in [0, 0.1) is 5.41 Å². The van der Waals surface area contributed by atoms with E-state index in [1.807, 2.05) is 42.6 Å². The maximum absolute atomic E-state index is 13.1. The average molecular weight is 468 g/mol. The molecule has 0 fully saturated rings. The summed E-state index contributed by atoms with van der Waals surface area (Å²) in [6.45, 7) is 5.52. The topological polar surface area (TPSA) is 108 Å². The van der Waals surface area contributed by atoms with Crippen LogP contribution >= 0.6 is 0 Å². The Morgan fingerprint density at radius 1 is 1.06 bits per heavy atom. The van der Waals surface area contributed by atoms with Gasteiger partial charge in [0.1, 0.15) is 11.5 Å². The van der Waals surface area contributed by atoms with Crippen LogP contribution in [0.1, 0.15) is 53.1 Å². The maximum atomic E-state index is 13.1. The molecule has 0 aliphatic heterocycles. The van der Waals surface area contributed by atoms with E-state index in [2.05, 4.69) is 49.6 Å². The van der Waals surface area contributed by atoms with Crippen LogP contribution in [0.15, 0.2) is 61.2 Å². The molecule has 8 heteroatoms. The van der Waals surface area contributed by atoms with Gasteiger partial charge in [-0.25, -0.2) is 4.98 Å². The Labute approximate surface area is 204 Å². The van der Waals surface area contributed by atoms with Crippen molar-refractivity contribution >= 4 is 11.7 Å². The van der Waals surface area contributed by atoms with Crippen LogP contribution in [-0.4, -0.2) is 31.1 Å². The fourth-order valence-corrected chi connectivity index (χ4v) is 4.43. The lowest BCUT2D eigenvalue weighted by Crippen LogP contribution is -2.24. The molecule has 8 nitrogen and oxygen atoms in total. The zero-order valence-electron chi connectivity index (χ0n) is 20.0. The lowest BCUT2D eigenvalue weighted by molar-refractivity contribution is 0.0946. The summed E-state index contributed by atoms with van der Waals surface area (Å²) < 4.78 is 0. The molecule has 0 spiro atoms. The fraction of sp³-hybridized carbons (Fsp3) is 0.296.